The number of hydrogen-bond acceptors (Lipinski definition) is 6. The van der Waals surface area contributed by atoms with Crippen LogP contribution in [0.25, 0.3) is 28.0 Å². The van der Waals surface area contributed by atoms with Crippen molar-refractivity contribution in [1.82, 2.24) is 0 Å². The van der Waals surface area contributed by atoms with Gasteiger partial charge < -0.3 is 14.2 Å². The molecule has 0 fully saturated rings. The summed E-state index contributed by atoms with van der Waals surface area (Å²) in [6.45, 7) is 0. The van der Waals surface area contributed by atoms with Crippen molar-refractivity contribution in [1.29, 1.82) is 0 Å². The van der Waals surface area contributed by atoms with Crippen LogP contribution in [0.5, 0.6) is 17.2 Å². The molecule has 0 unspecified atom stereocenters. The van der Waals surface area contributed by atoms with Gasteiger partial charge in [-0.05, 0) is 69.9 Å². The Bertz CT molecular complexity index is 1380. The summed E-state index contributed by atoms with van der Waals surface area (Å²) in [4.78, 5) is 22.7. The van der Waals surface area contributed by atoms with Crippen molar-refractivity contribution >= 4 is 28.5 Å². The number of nitro benzene ring substituents is 1. The maximum Gasteiger partial charge on any atom is 0.336 e. The third kappa shape index (κ3) is 4.88. The Hall–Kier alpha value is -4.65. The molecule has 0 amide bonds. The second-order valence-corrected chi connectivity index (χ2v) is 7.35. The number of fused-ring (bicyclic) bond motifs is 1. The molecule has 34 heavy (non-hydrogen) atoms. The van der Waals surface area contributed by atoms with E-state index in [2.05, 4.69) is 0 Å². The zero-order valence-electron chi connectivity index (χ0n) is 18.6. The minimum atomic E-state index is -0.593. The van der Waals surface area contributed by atoms with Gasteiger partial charge in [-0.1, -0.05) is 30.3 Å². The average molecular weight is 455 g/mol. The van der Waals surface area contributed by atoms with Gasteiger partial charge in [0.2, 0.25) is 0 Å². The van der Waals surface area contributed by atoms with Crippen LogP contribution in [0.3, 0.4) is 0 Å². The number of benzene rings is 4. The summed E-state index contributed by atoms with van der Waals surface area (Å²) in [6.07, 6.45) is 3.02. The molecule has 0 saturated heterocycles. The van der Waals surface area contributed by atoms with Crippen LogP contribution in [0.4, 0.5) is 5.69 Å². The van der Waals surface area contributed by atoms with Gasteiger partial charge in [-0.25, -0.2) is 4.79 Å². The Labute approximate surface area is 196 Å². The summed E-state index contributed by atoms with van der Waals surface area (Å²) in [5.74, 6) is 1.13. The fraction of sp³-hybridized carbons (Fsp3) is 0.0741. The quantitative estimate of drug-likeness (QED) is 0.111. The number of ether oxygens (including phenoxy) is 3. The van der Waals surface area contributed by atoms with Crippen LogP contribution in [-0.4, -0.2) is 25.1 Å². The minimum absolute atomic E-state index is 0.0766. The third-order valence-electron chi connectivity index (χ3n) is 5.30. The molecular weight excluding hydrogens is 434 g/mol. The number of nitro groups is 1. The first-order valence-corrected chi connectivity index (χ1v) is 10.4. The summed E-state index contributed by atoms with van der Waals surface area (Å²) >= 11 is 0. The molecule has 0 heterocycles. The zero-order valence-corrected chi connectivity index (χ0v) is 18.6. The summed E-state index contributed by atoms with van der Waals surface area (Å²) in [5, 5.41) is 12.8. The number of carbonyl (C=O) groups excluding carboxylic acids is 1. The van der Waals surface area contributed by atoms with Crippen LogP contribution in [0.1, 0.15) is 5.56 Å². The van der Waals surface area contributed by atoms with Crippen LogP contribution in [0.15, 0.2) is 84.9 Å². The summed E-state index contributed by atoms with van der Waals surface area (Å²) in [6, 6.07) is 22.8. The van der Waals surface area contributed by atoms with Crippen LogP contribution in [-0.2, 0) is 4.79 Å². The molecule has 0 saturated carbocycles. The predicted molar refractivity (Wildman–Crippen MR) is 130 cm³/mol. The maximum atomic E-state index is 12.4. The SMILES string of the molecule is COc1ccc(-c2c(C=CC(=O)Oc3ccc([N+](=O)[O-])cc3)ccc3cc(OC)ccc23)cc1. The Kier molecular flexibility index (Phi) is 6.54. The largest absolute Gasteiger partial charge is 0.497 e. The molecule has 4 aromatic carbocycles. The molecule has 0 aliphatic heterocycles. The Morgan fingerprint density at radius 1 is 0.824 bits per heavy atom. The molecule has 0 atom stereocenters. The maximum absolute atomic E-state index is 12.4. The van der Waals surface area contributed by atoms with Gasteiger partial charge >= 0.3 is 5.97 Å². The zero-order chi connectivity index (χ0) is 24.1. The third-order valence-corrected chi connectivity index (χ3v) is 5.30. The van der Waals surface area contributed by atoms with Gasteiger partial charge in [-0.15, -0.1) is 0 Å². The van der Waals surface area contributed by atoms with E-state index >= 15 is 0 Å². The topological polar surface area (TPSA) is 87.9 Å². The molecule has 0 aliphatic rings. The molecular formula is C27H21NO6. The summed E-state index contributed by atoms with van der Waals surface area (Å²) < 4.78 is 15.9. The first kappa shape index (κ1) is 22.5. The van der Waals surface area contributed by atoms with Crippen LogP contribution < -0.4 is 14.2 Å². The second-order valence-electron chi connectivity index (χ2n) is 7.35. The van der Waals surface area contributed by atoms with Gasteiger partial charge in [0.05, 0.1) is 19.1 Å². The molecule has 170 valence electrons. The Balaban J connectivity index is 1.68. The molecule has 0 aromatic heterocycles. The van der Waals surface area contributed by atoms with E-state index in [1.807, 2.05) is 54.6 Å². The van der Waals surface area contributed by atoms with E-state index in [1.165, 1.54) is 30.3 Å². The molecule has 0 N–H and O–H groups in total. The highest BCUT2D eigenvalue weighted by molar-refractivity contribution is 6.02. The lowest BCUT2D eigenvalue weighted by atomic mass is 9.93. The number of nitrogens with zero attached hydrogens (tertiary/aromatic N) is 1. The molecule has 0 bridgehead atoms. The average Bonchev–Trinajstić information content (AvgIpc) is 2.87. The van der Waals surface area contributed by atoms with E-state index in [-0.39, 0.29) is 11.4 Å². The van der Waals surface area contributed by atoms with Crippen molar-refractivity contribution < 1.29 is 23.9 Å². The number of methoxy groups -OCH3 is 2. The molecule has 4 aromatic rings. The van der Waals surface area contributed by atoms with Gasteiger partial charge in [0.1, 0.15) is 17.2 Å². The monoisotopic (exact) mass is 455 g/mol. The minimum Gasteiger partial charge on any atom is -0.497 e. The summed E-state index contributed by atoms with van der Waals surface area (Å²) in [5.41, 5.74) is 2.65. The fourth-order valence-corrected chi connectivity index (χ4v) is 3.61. The van der Waals surface area contributed by atoms with Gasteiger partial charge in [0.15, 0.2) is 0 Å². The highest BCUT2D eigenvalue weighted by Crippen LogP contribution is 2.35. The van der Waals surface area contributed by atoms with Gasteiger partial charge in [0, 0.05) is 18.2 Å². The fourth-order valence-electron chi connectivity index (χ4n) is 3.61. The number of esters is 1. The molecule has 0 radical (unpaired) electrons. The first-order chi connectivity index (χ1) is 16.5. The van der Waals surface area contributed by atoms with Crippen LogP contribution >= 0.6 is 0 Å². The number of carbonyl (C=O) groups is 1. The van der Waals surface area contributed by atoms with Gasteiger partial charge in [-0.2, -0.15) is 0 Å². The van der Waals surface area contributed by atoms with Crippen LogP contribution in [0.2, 0.25) is 0 Å². The van der Waals surface area contributed by atoms with Crippen molar-refractivity contribution in [2.24, 2.45) is 0 Å². The normalized spacial score (nSPS) is 10.9. The van der Waals surface area contributed by atoms with Crippen molar-refractivity contribution in [3.63, 3.8) is 0 Å². The Morgan fingerprint density at radius 3 is 2.12 bits per heavy atom. The van der Waals surface area contributed by atoms with Crippen molar-refractivity contribution in [2.75, 3.05) is 14.2 Å². The molecule has 0 aliphatic carbocycles. The highest BCUT2D eigenvalue weighted by atomic mass is 16.6. The highest BCUT2D eigenvalue weighted by Gasteiger charge is 2.11. The molecule has 7 heteroatoms. The van der Waals surface area contributed by atoms with Crippen molar-refractivity contribution in [3.8, 4) is 28.4 Å². The van der Waals surface area contributed by atoms with E-state index in [1.54, 1.807) is 20.3 Å². The molecule has 0 spiro atoms. The first-order valence-electron chi connectivity index (χ1n) is 10.4. The number of non-ortho nitro benzene ring substituents is 1. The standard InChI is InChI=1S/C27H21NO6/c1-32-22-10-5-19(6-11-22)27-18(3-4-20-17-24(33-2)14-15-25(20)27)7-16-26(29)34-23-12-8-21(9-13-23)28(30)31/h3-17H,1-2H3. The van der Waals surface area contributed by atoms with Gasteiger partial charge in [-0.3, -0.25) is 10.1 Å². The lowest BCUT2D eigenvalue weighted by Gasteiger charge is -2.13. The predicted octanol–water partition coefficient (Wildman–Crippen LogP) is 6.05. The van der Waals surface area contributed by atoms with Crippen molar-refractivity contribution in [2.45, 2.75) is 0 Å². The van der Waals surface area contributed by atoms with E-state index in [4.69, 9.17) is 14.2 Å². The smallest absolute Gasteiger partial charge is 0.336 e. The van der Waals surface area contributed by atoms with Crippen molar-refractivity contribution in [3.05, 3.63) is 101 Å². The van der Waals surface area contributed by atoms with E-state index in [9.17, 15) is 14.9 Å². The second kappa shape index (κ2) is 9.87. The van der Waals surface area contributed by atoms with Crippen LogP contribution in [0, 0.1) is 10.1 Å². The molecule has 7 nitrogen and oxygen atoms in total. The molecule has 4 rings (SSSR count). The van der Waals surface area contributed by atoms with Gasteiger partial charge in [0.25, 0.3) is 5.69 Å². The summed E-state index contributed by atoms with van der Waals surface area (Å²) in [7, 11) is 3.24. The van der Waals surface area contributed by atoms with E-state index in [0.717, 1.165) is 39.0 Å². The number of hydrogen-bond donors (Lipinski definition) is 0. The Morgan fingerprint density at radius 2 is 1.47 bits per heavy atom. The van der Waals surface area contributed by atoms with E-state index in [0.29, 0.717) is 0 Å². The number of rotatable bonds is 7. The lowest BCUT2D eigenvalue weighted by Crippen LogP contribution is -2.03. The van der Waals surface area contributed by atoms with E-state index < -0.39 is 10.9 Å². The lowest BCUT2D eigenvalue weighted by molar-refractivity contribution is -0.384.